The van der Waals surface area contributed by atoms with Crippen LogP contribution in [0.25, 0.3) is 0 Å². The van der Waals surface area contributed by atoms with Gasteiger partial charge in [-0.05, 0) is 19.8 Å². The number of hydrogen-bond acceptors (Lipinski definition) is 4. The largest absolute Gasteiger partial charge is 0.379 e. The maximum Gasteiger partial charge on any atom is 0.234 e. The van der Waals surface area contributed by atoms with Crippen molar-refractivity contribution in [2.45, 2.75) is 51.1 Å². The SMILES string of the molecule is CC(CN1CCOCC1)NCC(=O)NC1CCCCC1. The highest BCUT2D eigenvalue weighted by molar-refractivity contribution is 5.78. The van der Waals surface area contributed by atoms with E-state index in [0.717, 1.165) is 45.7 Å². The van der Waals surface area contributed by atoms with Gasteiger partial charge in [-0.25, -0.2) is 0 Å². The first-order chi connectivity index (χ1) is 9.74. The fourth-order valence-electron chi connectivity index (χ4n) is 3.03. The number of morpholine rings is 1. The first-order valence-electron chi connectivity index (χ1n) is 8.07. The molecule has 5 heteroatoms. The third-order valence-corrected chi connectivity index (χ3v) is 4.22. The Labute approximate surface area is 122 Å². The summed E-state index contributed by atoms with van der Waals surface area (Å²) in [5.74, 6) is 0.144. The molecule has 116 valence electrons. The molecule has 5 nitrogen and oxygen atoms in total. The van der Waals surface area contributed by atoms with Crippen molar-refractivity contribution in [1.29, 1.82) is 0 Å². The summed E-state index contributed by atoms with van der Waals surface area (Å²) in [5.41, 5.74) is 0. The smallest absolute Gasteiger partial charge is 0.234 e. The number of nitrogens with zero attached hydrogens (tertiary/aromatic N) is 1. The lowest BCUT2D eigenvalue weighted by Gasteiger charge is -2.29. The lowest BCUT2D eigenvalue weighted by Crippen LogP contribution is -2.48. The molecule has 1 atom stereocenters. The van der Waals surface area contributed by atoms with Crippen LogP contribution in [0.3, 0.4) is 0 Å². The summed E-state index contributed by atoms with van der Waals surface area (Å²) in [6.45, 7) is 7.22. The third kappa shape index (κ3) is 5.77. The Hall–Kier alpha value is -0.650. The minimum Gasteiger partial charge on any atom is -0.379 e. The van der Waals surface area contributed by atoms with Gasteiger partial charge in [-0.3, -0.25) is 9.69 Å². The molecule has 2 fully saturated rings. The third-order valence-electron chi connectivity index (χ3n) is 4.22. The van der Waals surface area contributed by atoms with Crippen molar-refractivity contribution in [2.75, 3.05) is 39.4 Å². The number of carbonyl (C=O) groups excluding carboxylic acids is 1. The normalized spacial score (nSPS) is 23.4. The molecule has 1 heterocycles. The van der Waals surface area contributed by atoms with E-state index in [1.54, 1.807) is 0 Å². The van der Waals surface area contributed by atoms with Gasteiger partial charge < -0.3 is 15.4 Å². The zero-order valence-corrected chi connectivity index (χ0v) is 12.7. The molecular weight excluding hydrogens is 254 g/mol. The van der Waals surface area contributed by atoms with Crippen molar-refractivity contribution in [1.82, 2.24) is 15.5 Å². The summed E-state index contributed by atoms with van der Waals surface area (Å²) in [6.07, 6.45) is 6.13. The standard InChI is InChI=1S/C15H29N3O2/c1-13(12-18-7-9-20-10-8-18)16-11-15(19)17-14-5-3-2-4-6-14/h13-14,16H,2-12H2,1H3,(H,17,19). The van der Waals surface area contributed by atoms with Crippen LogP contribution in [0.1, 0.15) is 39.0 Å². The number of rotatable bonds is 6. The van der Waals surface area contributed by atoms with E-state index in [1.165, 1.54) is 19.3 Å². The first-order valence-corrected chi connectivity index (χ1v) is 8.07. The average Bonchev–Trinajstić information content (AvgIpc) is 2.47. The Morgan fingerprint density at radius 3 is 2.65 bits per heavy atom. The molecule has 0 aromatic carbocycles. The highest BCUT2D eigenvalue weighted by Crippen LogP contribution is 2.17. The molecule has 0 aromatic heterocycles. The van der Waals surface area contributed by atoms with Crippen molar-refractivity contribution in [3.63, 3.8) is 0 Å². The molecule has 1 aliphatic heterocycles. The van der Waals surface area contributed by atoms with Crippen LogP contribution in [0.2, 0.25) is 0 Å². The highest BCUT2D eigenvalue weighted by atomic mass is 16.5. The Morgan fingerprint density at radius 2 is 1.95 bits per heavy atom. The maximum absolute atomic E-state index is 11.9. The van der Waals surface area contributed by atoms with Gasteiger partial charge in [0.05, 0.1) is 19.8 Å². The summed E-state index contributed by atoms with van der Waals surface area (Å²) < 4.78 is 5.34. The van der Waals surface area contributed by atoms with E-state index in [1.807, 2.05) is 0 Å². The number of amides is 1. The number of nitrogens with one attached hydrogen (secondary N) is 2. The van der Waals surface area contributed by atoms with E-state index >= 15 is 0 Å². The Morgan fingerprint density at radius 1 is 1.25 bits per heavy atom. The minimum absolute atomic E-state index is 0.144. The van der Waals surface area contributed by atoms with Crippen LogP contribution in [0.15, 0.2) is 0 Å². The molecule has 0 aromatic rings. The van der Waals surface area contributed by atoms with Gasteiger partial charge in [-0.15, -0.1) is 0 Å². The molecule has 2 N–H and O–H groups in total. The van der Waals surface area contributed by atoms with E-state index in [-0.39, 0.29) is 5.91 Å². The van der Waals surface area contributed by atoms with Crippen molar-refractivity contribution in [3.05, 3.63) is 0 Å². The molecule has 1 unspecified atom stereocenters. The van der Waals surface area contributed by atoms with Crippen molar-refractivity contribution < 1.29 is 9.53 Å². The van der Waals surface area contributed by atoms with Crippen LogP contribution >= 0.6 is 0 Å². The molecule has 1 aliphatic carbocycles. The molecule has 0 bridgehead atoms. The van der Waals surface area contributed by atoms with E-state index in [4.69, 9.17) is 4.74 Å². The number of carbonyl (C=O) groups is 1. The summed E-state index contributed by atoms with van der Waals surface area (Å²) in [7, 11) is 0. The van der Waals surface area contributed by atoms with Gasteiger partial charge in [0.2, 0.25) is 5.91 Å². The second kappa shape index (κ2) is 8.60. The Kier molecular flexibility index (Phi) is 6.76. The first kappa shape index (κ1) is 15.7. The van der Waals surface area contributed by atoms with Crippen LogP contribution in [-0.4, -0.2) is 62.3 Å². The monoisotopic (exact) mass is 283 g/mol. The Bertz CT molecular complexity index is 287. The Balaban J connectivity index is 1.57. The molecule has 2 rings (SSSR count). The topological polar surface area (TPSA) is 53.6 Å². The zero-order chi connectivity index (χ0) is 14.2. The van der Waals surface area contributed by atoms with Gasteiger partial charge in [-0.1, -0.05) is 19.3 Å². The van der Waals surface area contributed by atoms with Gasteiger partial charge in [-0.2, -0.15) is 0 Å². The van der Waals surface area contributed by atoms with Crippen molar-refractivity contribution >= 4 is 5.91 Å². The van der Waals surface area contributed by atoms with Crippen molar-refractivity contribution in [3.8, 4) is 0 Å². The average molecular weight is 283 g/mol. The molecule has 0 radical (unpaired) electrons. The minimum atomic E-state index is 0.144. The summed E-state index contributed by atoms with van der Waals surface area (Å²) >= 11 is 0. The maximum atomic E-state index is 11.9. The van der Waals surface area contributed by atoms with Gasteiger partial charge in [0.15, 0.2) is 0 Å². The molecule has 1 amide bonds. The number of ether oxygens (including phenoxy) is 1. The van der Waals surface area contributed by atoms with Crippen LogP contribution in [0.5, 0.6) is 0 Å². The van der Waals surface area contributed by atoms with Crippen LogP contribution in [0.4, 0.5) is 0 Å². The highest BCUT2D eigenvalue weighted by Gasteiger charge is 2.17. The predicted molar refractivity (Wildman–Crippen MR) is 79.7 cm³/mol. The number of hydrogen-bond donors (Lipinski definition) is 2. The van der Waals surface area contributed by atoms with Gasteiger partial charge >= 0.3 is 0 Å². The zero-order valence-electron chi connectivity index (χ0n) is 12.7. The molecule has 0 spiro atoms. The molecule has 20 heavy (non-hydrogen) atoms. The quantitative estimate of drug-likeness (QED) is 0.755. The van der Waals surface area contributed by atoms with E-state index in [9.17, 15) is 4.79 Å². The fraction of sp³-hybridized carbons (Fsp3) is 0.933. The van der Waals surface area contributed by atoms with Crippen LogP contribution in [-0.2, 0) is 9.53 Å². The van der Waals surface area contributed by atoms with Gasteiger partial charge in [0.25, 0.3) is 0 Å². The molecule has 1 saturated carbocycles. The summed E-state index contributed by atoms with van der Waals surface area (Å²) in [4.78, 5) is 14.3. The van der Waals surface area contributed by atoms with E-state index in [2.05, 4.69) is 22.5 Å². The van der Waals surface area contributed by atoms with Crippen LogP contribution < -0.4 is 10.6 Å². The van der Waals surface area contributed by atoms with Gasteiger partial charge in [0, 0.05) is 31.7 Å². The fourth-order valence-corrected chi connectivity index (χ4v) is 3.03. The summed E-state index contributed by atoms with van der Waals surface area (Å²) in [6, 6.07) is 0.748. The summed E-state index contributed by atoms with van der Waals surface area (Å²) in [5, 5.41) is 6.47. The van der Waals surface area contributed by atoms with E-state index < -0.39 is 0 Å². The van der Waals surface area contributed by atoms with Gasteiger partial charge in [0.1, 0.15) is 0 Å². The predicted octanol–water partition coefficient (Wildman–Crippen LogP) is 0.746. The molecule has 1 saturated heterocycles. The van der Waals surface area contributed by atoms with Crippen molar-refractivity contribution in [2.24, 2.45) is 0 Å². The second-order valence-corrected chi connectivity index (χ2v) is 6.10. The second-order valence-electron chi connectivity index (χ2n) is 6.10. The molecular formula is C15H29N3O2. The molecule has 2 aliphatic rings. The lowest BCUT2D eigenvalue weighted by molar-refractivity contribution is -0.121. The van der Waals surface area contributed by atoms with E-state index in [0.29, 0.717) is 18.6 Å². The van der Waals surface area contributed by atoms with Crippen LogP contribution in [0, 0.1) is 0 Å². The lowest BCUT2D eigenvalue weighted by atomic mass is 9.95.